The number of carbonyl (C=O) groups excluding carboxylic acids is 1. The first-order valence-electron chi connectivity index (χ1n) is 7.72. The Morgan fingerprint density at radius 1 is 1.32 bits per heavy atom. The lowest BCUT2D eigenvalue weighted by Crippen LogP contribution is -2.33. The molecule has 0 unspecified atom stereocenters. The van der Waals surface area contributed by atoms with Crippen molar-refractivity contribution in [3.8, 4) is 0 Å². The molecule has 0 aromatic heterocycles. The average molecular weight is 306 g/mol. The summed E-state index contributed by atoms with van der Waals surface area (Å²) in [6, 6.07) is 5.80. The Morgan fingerprint density at radius 3 is 2.55 bits per heavy atom. The van der Waals surface area contributed by atoms with E-state index in [2.05, 4.69) is 26.1 Å². The number of hydrogen-bond acceptors (Lipinski definition) is 2. The van der Waals surface area contributed by atoms with Crippen LogP contribution in [0.25, 0.3) is 0 Å². The second-order valence-corrected chi connectivity index (χ2v) is 5.78. The summed E-state index contributed by atoms with van der Waals surface area (Å²) in [7, 11) is 1.61. The number of rotatable bonds is 7. The number of aryl methyl sites for hydroxylation is 1. The molecule has 5 heteroatoms. The Morgan fingerprint density at radius 2 is 2.00 bits per heavy atom. The quantitative estimate of drug-likeness (QED) is 0.807. The van der Waals surface area contributed by atoms with Gasteiger partial charge in [0.2, 0.25) is 0 Å². The smallest absolute Gasteiger partial charge is 0.321 e. The fraction of sp³-hybridized carbons (Fsp3) is 0.529. The number of carbonyl (C=O) groups is 2. The van der Waals surface area contributed by atoms with Crippen molar-refractivity contribution in [1.82, 2.24) is 4.90 Å². The highest BCUT2D eigenvalue weighted by Crippen LogP contribution is 2.29. The standard InChI is InChI=1S/C17H26N2O3/c1-5-7-13-8-6-9-14(12(2)3)16(13)18-17(22)19(4)11-10-15(20)21/h6,8-9,12H,5,7,10-11H2,1-4H3,(H,18,22)(H,20,21). The molecule has 0 atom stereocenters. The third kappa shape index (κ3) is 5.06. The monoisotopic (exact) mass is 306 g/mol. The highest BCUT2D eigenvalue weighted by atomic mass is 16.4. The van der Waals surface area contributed by atoms with Crippen molar-refractivity contribution < 1.29 is 14.7 Å². The van der Waals surface area contributed by atoms with Crippen molar-refractivity contribution in [2.24, 2.45) is 0 Å². The van der Waals surface area contributed by atoms with Crippen LogP contribution in [0, 0.1) is 0 Å². The third-order valence-electron chi connectivity index (χ3n) is 3.56. The van der Waals surface area contributed by atoms with Gasteiger partial charge >= 0.3 is 12.0 Å². The van der Waals surface area contributed by atoms with Crippen molar-refractivity contribution in [1.29, 1.82) is 0 Å². The van der Waals surface area contributed by atoms with Crippen LogP contribution >= 0.6 is 0 Å². The number of nitrogens with zero attached hydrogens (tertiary/aromatic N) is 1. The topological polar surface area (TPSA) is 69.6 Å². The Kier molecular flexibility index (Phi) is 6.89. The van der Waals surface area contributed by atoms with Gasteiger partial charge in [-0.2, -0.15) is 0 Å². The van der Waals surface area contributed by atoms with Gasteiger partial charge in [-0.15, -0.1) is 0 Å². The largest absolute Gasteiger partial charge is 0.481 e. The predicted octanol–water partition coefficient (Wildman–Crippen LogP) is 3.70. The van der Waals surface area contributed by atoms with Crippen LogP contribution in [-0.2, 0) is 11.2 Å². The Balaban J connectivity index is 2.94. The van der Waals surface area contributed by atoms with E-state index in [-0.39, 0.29) is 19.0 Å². The molecule has 0 fully saturated rings. The molecular weight excluding hydrogens is 280 g/mol. The Bertz CT molecular complexity index is 527. The fourth-order valence-corrected chi connectivity index (χ4v) is 2.30. The van der Waals surface area contributed by atoms with Gasteiger partial charge in [-0.05, 0) is 23.5 Å². The molecule has 1 aromatic carbocycles. The van der Waals surface area contributed by atoms with Crippen LogP contribution in [0.1, 0.15) is 50.7 Å². The van der Waals surface area contributed by atoms with Crippen molar-refractivity contribution >= 4 is 17.7 Å². The van der Waals surface area contributed by atoms with E-state index in [1.54, 1.807) is 7.05 Å². The Labute approximate surface area is 132 Å². The van der Waals surface area contributed by atoms with E-state index < -0.39 is 5.97 Å². The van der Waals surface area contributed by atoms with E-state index in [4.69, 9.17) is 5.11 Å². The van der Waals surface area contributed by atoms with Gasteiger partial charge in [-0.3, -0.25) is 4.79 Å². The first-order chi connectivity index (χ1) is 10.4. The lowest BCUT2D eigenvalue weighted by molar-refractivity contribution is -0.137. The minimum atomic E-state index is -0.908. The number of carboxylic acid groups (broad SMARTS) is 1. The van der Waals surface area contributed by atoms with Crippen molar-refractivity contribution in [2.75, 3.05) is 18.9 Å². The molecule has 0 saturated carbocycles. The molecule has 122 valence electrons. The number of benzene rings is 1. The Hall–Kier alpha value is -2.04. The molecule has 0 aliphatic rings. The molecule has 22 heavy (non-hydrogen) atoms. The minimum Gasteiger partial charge on any atom is -0.481 e. The molecule has 1 rings (SSSR count). The maximum atomic E-state index is 12.3. The SMILES string of the molecule is CCCc1cccc(C(C)C)c1NC(=O)N(C)CCC(=O)O. The lowest BCUT2D eigenvalue weighted by Gasteiger charge is -2.22. The molecule has 5 nitrogen and oxygen atoms in total. The maximum absolute atomic E-state index is 12.3. The second kappa shape index (κ2) is 8.41. The zero-order valence-corrected chi connectivity index (χ0v) is 13.8. The summed E-state index contributed by atoms with van der Waals surface area (Å²) in [4.78, 5) is 24.3. The van der Waals surface area contributed by atoms with Gasteiger partial charge < -0.3 is 15.3 Å². The van der Waals surface area contributed by atoms with Crippen LogP contribution in [0.4, 0.5) is 10.5 Å². The molecule has 0 heterocycles. The molecule has 0 aliphatic heterocycles. The van der Waals surface area contributed by atoms with Gasteiger partial charge in [0.1, 0.15) is 0 Å². The fourth-order valence-electron chi connectivity index (χ4n) is 2.30. The highest BCUT2D eigenvalue weighted by Gasteiger charge is 2.16. The summed E-state index contributed by atoms with van der Waals surface area (Å²) in [5.41, 5.74) is 3.09. The summed E-state index contributed by atoms with van der Waals surface area (Å²) >= 11 is 0. The van der Waals surface area contributed by atoms with E-state index in [9.17, 15) is 9.59 Å². The zero-order chi connectivity index (χ0) is 16.7. The molecule has 1 aromatic rings. The van der Waals surface area contributed by atoms with E-state index >= 15 is 0 Å². The number of anilines is 1. The third-order valence-corrected chi connectivity index (χ3v) is 3.56. The number of aliphatic carboxylic acids is 1. The van der Waals surface area contributed by atoms with Crippen molar-refractivity contribution in [2.45, 2.75) is 46.0 Å². The van der Waals surface area contributed by atoms with Crippen LogP contribution in [0.5, 0.6) is 0 Å². The summed E-state index contributed by atoms with van der Waals surface area (Å²) in [5, 5.41) is 11.7. The second-order valence-electron chi connectivity index (χ2n) is 5.78. The van der Waals surface area contributed by atoms with Gasteiger partial charge in [-0.25, -0.2) is 4.79 Å². The molecule has 0 aliphatic carbocycles. The number of nitrogens with one attached hydrogen (secondary N) is 1. The van der Waals surface area contributed by atoms with Crippen LogP contribution < -0.4 is 5.32 Å². The van der Waals surface area contributed by atoms with Gasteiger partial charge in [0.05, 0.1) is 6.42 Å². The van der Waals surface area contributed by atoms with Crippen LogP contribution in [0.15, 0.2) is 18.2 Å². The molecule has 2 amide bonds. The van der Waals surface area contributed by atoms with Gasteiger partial charge in [0.25, 0.3) is 0 Å². The summed E-state index contributed by atoms with van der Waals surface area (Å²) in [6.07, 6.45) is 1.84. The van der Waals surface area contributed by atoms with E-state index in [0.29, 0.717) is 5.92 Å². The molecular formula is C17H26N2O3. The van der Waals surface area contributed by atoms with E-state index in [0.717, 1.165) is 29.7 Å². The van der Waals surface area contributed by atoms with Crippen LogP contribution in [-0.4, -0.2) is 35.6 Å². The first-order valence-corrected chi connectivity index (χ1v) is 7.72. The maximum Gasteiger partial charge on any atom is 0.321 e. The number of amides is 2. The summed E-state index contributed by atoms with van der Waals surface area (Å²) in [5.74, 6) is -0.606. The van der Waals surface area contributed by atoms with E-state index in [1.807, 2.05) is 18.2 Å². The first kappa shape index (κ1) is 18.0. The highest BCUT2D eigenvalue weighted by molar-refractivity contribution is 5.91. The normalized spacial score (nSPS) is 10.6. The molecule has 0 spiro atoms. The minimum absolute atomic E-state index is 0.0580. The number of para-hydroxylation sites is 1. The van der Waals surface area contributed by atoms with Crippen LogP contribution in [0.3, 0.4) is 0 Å². The van der Waals surface area contributed by atoms with Crippen LogP contribution in [0.2, 0.25) is 0 Å². The molecule has 0 bridgehead atoms. The number of hydrogen-bond donors (Lipinski definition) is 2. The lowest BCUT2D eigenvalue weighted by atomic mass is 9.96. The van der Waals surface area contributed by atoms with Crippen molar-refractivity contribution in [3.63, 3.8) is 0 Å². The predicted molar refractivity (Wildman–Crippen MR) is 88.4 cm³/mol. The number of carboxylic acids is 1. The van der Waals surface area contributed by atoms with Gasteiger partial charge in [0.15, 0.2) is 0 Å². The molecule has 0 saturated heterocycles. The van der Waals surface area contributed by atoms with Crippen molar-refractivity contribution in [3.05, 3.63) is 29.3 Å². The van der Waals surface area contributed by atoms with Gasteiger partial charge in [-0.1, -0.05) is 45.4 Å². The summed E-state index contributed by atoms with van der Waals surface area (Å²) < 4.78 is 0. The van der Waals surface area contributed by atoms with Gasteiger partial charge in [0, 0.05) is 19.3 Å². The average Bonchev–Trinajstić information content (AvgIpc) is 2.46. The molecule has 0 radical (unpaired) electrons. The number of urea groups is 1. The zero-order valence-electron chi connectivity index (χ0n) is 13.8. The molecule has 2 N–H and O–H groups in total. The van der Waals surface area contributed by atoms with E-state index in [1.165, 1.54) is 4.90 Å². The summed E-state index contributed by atoms with van der Waals surface area (Å²) in [6.45, 7) is 6.48.